The molecule has 36 heavy (non-hydrogen) atoms. The number of para-hydroxylation sites is 1. The van der Waals surface area contributed by atoms with Crippen LogP contribution in [0.1, 0.15) is 16.2 Å². The molecule has 0 radical (unpaired) electrons. The first-order valence-corrected chi connectivity index (χ1v) is 13.3. The van der Waals surface area contributed by atoms with E-state index < -0.39 is 0 Å². The zero-order chi connectivity index (χ0) is 25.5. The Morgan fingerprint density at radius 3 is 2.47 bits per heavy atom. The van der Waals surface area contributed by atoms with Crippen LogP contribution >= 0.6 is 43.6 Å². The van der Waals surface area contributed by atoms with E-state index >= 15 is 0 Å². The Morgan fingerprint density at radius 1 is 1.00 bits per heavy atom. The number of methoxy groups -OCH3 is 1. The van der Waals surface area contributed by atoms with Gasteiger partial charge >= 0.3 is 0 Å². The molecule has 4 rings (SSSR count). The van der Waals surface area contributed by atoms with Crippen molar-refractivity contribution >= 4 is 61.1 Å². The van der Waals surface area contributed by atoms with Crippen molar-refractivity contribution in [2.75, 3.05) is 18.2 Å². The van der Waals surface area contributed by atoms with Crippen LogP contribution in [0.3, 0.4) is 0 Å². The number of benzene rings is 3. The summed E-state index contributed by atoms with van der Waals surface area (Å²) in [4.78, 5) is 25.3. The van der Waals surface area contributed by atoms with Gasteiger partial charge in [0.25, 0.3) is 5.91 Å². The summed E-state index contributed by atoms with van der Waals surface area (Å²) < 4.78 is 8.62. The first-order chi connectivity index (χ1) is 17.4. The molecule has 184 valence electrons. The van der Waals surface area contributed by atoms with Gasteiger partial charge in [0.05, 0.1) is 25.1 Å². The van der Waals surface area contributed by atoms with Crippen molar-refractivity contribution in [2.45, 2.75) is 11.7 Å². The predicted molar refractivity (Wildman–Crippen MR) is 147 cm³/mol. The molecule has 8 nitrogen and oxygen atoms in total. The van der Waals surface area contributed by atoms with E-state index in [1.165, 1.54) is 11.8 Å². The van der Waals surface area contributed by atoms with Gasteiger partial charge in [-0.1, -0.05) is 45.9 Å². The number of anilines is 1. The van der Waals surface area contributed by atoms with Gasteiger partial charge in [0, 0.05) is 20.2 Å². The lowest BCUT2D eigenvalue weighted by molar-refractivity contribution is -0.113. The average Bonchev–Trinajstić information content (AvgIpc) is 3.31. The molecule has 1 aromatic heterocycles. The number of carbonyl (C=O) groups is 2. The Balaban J connectivity index is 1.47. The van der Waals surface area contributed by atoms with Crippen LogP contribution in [-0.2, 0) is 11.3 Å². The highest BCUT2D eigenvalue weighted by molar-refractivity contribution is 9.11. The molecule has 4 aromatic rings. The summed E-state index contributed by atoms with van der Waals surface area (Å²) in [7, 11) is 1.57. The third kappa shape index (κ3) is 6.54. The van der Waals surface area contributed by atoms with E-state index in [1.54, 1.807) is 31.4 Å². The second-order valence-corrected chi connectivity index (χ2v) is 10.2. The van der Waals surface area contributed by atoms with Crippen molar-refractivity contribution in [2.24, 2.45) is 0 Å². The van der Waals surface area contributed by atoms with Gasteiger partial charge in [-0.2, -0.15) is 0 Å². The van der Waals surface area contributed by atoms with Crippen molar-refractivity contribution < 1.29 is 14.3 Å². The number of ether oxygens (including phenoxy) is 1. The summed E-state index contributed by atoms with van der Waals surface area (Å²) in [6, 6.07) is 22.0. The van der Waals surface area contributed by atoms with Crippen molar-refractivity contribution in [3.8, 4) is 11.4 Å². The summed E-state index contributed by atoms with van der Waals surface area (Å²) in [6.07, 6.45) is 0. The highest BCUT2D eigenvalue weighted by atomic mass is 79.9. The van der Waals surface area contributed by atoms with Crippen molar-refractivity contribution in [1.29, 1.82) is 0 Å². The summed E-state index contributed by atoms with van der Waals surface area (Å²) in [5.41, 5.74) is 2.00. The van der Waals surface area contributed by atoms with Gasteiger partial charge in [0.2, 0.25) is 5.91 Å². The number of nitrogens with one attached hydrogen (secondary N) is 2. The molecule has 0 fully saturated rings. The molecule has 3 aromatic carbocycles. The van der Waals surface area contributed by atoms with Crippen molar-refractivity contribution in [1.82, 2.24) is 20.1 Å². The van der Waals surface area contributed by atoms with Crippen LogP contribution in [0.2, 0.25) is 0 Å². The van der Waals surface area contributed by atoms with E-state index in [2.05, 4.69) is 52.7 Å². The Hall–Kier alpha value is -3.15. The molecule has 2 N–H and O–H groups in total. The molecule has 0 saturated carbocycles. The number of nitrogens with zero attached hydrogens (tertiary/aromatic N) is 3. The van der Waals surface area contributed by atoms with Crippen LogP contribution < -0.4 is 15.4 Å². The fourth-order valence-corrected chi connectivity index (χ4v) is 4.74. The maximum absolute atomic E-state index is 12.6. The molecule has 0 atom stereocenters. The average molecular weight is 631 g/mol. The smallest absolute Gasteiger partial charge is 0.251 e. The molecule has 0 aliphatic carbocycles. The Labute approximate surface area is 229 Å². The number of carbonyl (C=O) groups excluding carboxylic acids is 2. The largest absolute Gasteiger partial charge is 0.497 e. The lowest BCUT2D eigenvalue weighted by Crippen LogP contribution is -2.24. The molecule has 0 aliphatic rings. The minimum atomic E-state index is -0.242. The third-order valence-electron chi connectivity index (χ3n) is 5.01. The van der Waals surface area contributed by atoms with Crippen molar-refractivity contribution in [3.05, 3.63) is 93.1 Å². The Kier molecular flexibility index (Phi) is 8.79. The van der Waals surface area contributed by atoms with Crippen LogP contribution in [-0.4, -0.2) is 39.4 Å². The fraction of sp³-hybridized carbons (Fsp3) is 0.120. The second kappa shape index (κ2) is 12.2. The zero-order valence-corrected chi connectivity index (χ0v) is 23.1. The zero-order valence-electron chi connectivity index (χ0n) is 19.1. The monoisotopic (exact) mass is 629 g/mol. The van der Waals surface area contributed by atoms with Gasteiger partial charge in [-0.25, -0.2) is 0 Å². The molecule has 1 heterocycles. The van der Waals surface area contributed by atoms with E-state index in [0.29, 0.717) is 28.0 Å². The van der Waals surface area contributed by atoms with Gasteiger partial charge < -0.3 is 15.4 Å². The number of hydrogen-bond donors (Lipinski definition) is 2. The maximum atomic E-state index is 12.6. The molecule has 0 aliphatic heterocycles. The number of rotatable bonds is 9. The van der Waals surface area contributed by atoms with E-state index in [0.717, 1.165) is 14.6 Å². The van der Waals surface area contributed by atoms with Gasteiger partial charge in [-0.05, 0) is 70.5 Å². The van der Waals surface area contributed by atoms with Gasteiger partial charge in [0.15, 0.2) is 11.0 Å². The molecule has 0 saturated heterocycles. The summed E-state index contributed by atoms with van der Waals surface area (Å²) in [6.45, 7) is 0.157. The number of halogens is 2. The summed E-state index contributed by atoms with van der Waals surface area (Å²) >= 11 is 8.11. The third-order valence-corrected chi connectivity index (χ3v) is 7.12. The van der Waals surface area contributed by atoms with E-state index in [9.17, 15) is 9.59 Å². The van der Waals surface area contributed by atoms with Gasteiger partial charge in [-0.15, -0.1) is 10.2 Å². The molecule has 2 amide bonds. The molecule has 0 bridgehead atoms. The Bertz CT molecular complexity index is 1360. The lowest BCUT2D eigenvalue weighted by Gasteiger charge is -2.11. The predicted octanol–water partition coefficient (Wildman–Crippen LogP) is 5.46. The molecule has 0 unspecified atom stereocenters. The first-order valence-electron chi connectivity index (χ1n) is 10.7. The maximum Gasteiger partial charge on any atom is 0.251 e. The molecule has 11 heteroatoms. The normalized spacial score (nSPS) is 10.6. The summed E-state index contributed by atoms with van der Waals surface area (Å²) in [5, 5.41) is 14.9. The van der Waals surface area contributed by atoms with Crippen LogP contribution in [0.4, 0.5) is 5.69 Å². The second-order valence-electron chi connectivity index (χ2n) is 7.44. The topological polar surface area (TPSA) is 98.1 Å². The molecule has 0 spiro atoms. The van der Waals surface area contributed by atoms with Gasteiger partial charge in [-0.3, -0.25) is 14.2 Å². The van der Waals surface area contributed by atoms with Gasteiger partial charge in [0.1, 0.15) is 5.75 Å². The molecular formula is C25H21Br2N5O3S. The minimum Gasteiger partial charge on any atom is -0.497 e. The number of hydrogen-bond acceptors (Lipinski definition) is 6. The lowest BCUT2D eigenvalue weighted by atomic mass is 10.2. The molecular weight excluding hydrogens is 610 g/mol. The van der Waals surface area contributed by atoms with Crippen molar-refractivity contribution in [3.63, 3.8) is 0 Å². The first kappa shape index (κ1) is 25.9. The van der Waals surface area contributed by atoms with E-state index in [-0.39, 0.29) is 24.1 Å². The quantitative estimate of drug-likeness (QED) is 0.238. The van der Waals surface area contributed by atoms with E-state index in [1.807, 2.05) is 53.1 Å². The highest BCUT2D eigenvalue weighted by Gasteiger charge is 2.17. The SMILES string of the molecule is COc1ccc(C(=O)NCc2nnc(SCC(=O)Nc3cc(Br)ccc3Br)n2-c2ccccc2)cc1. The van der Waals surface area contributed by atoms with Crippen LogP contribution in [0, 0.1) is 0 Å². The van der Waals surface area contributed by atoms with Crippen LogP contribution in [0.15, 0.2) is 86.9 Å². The minimum absolute atomic E-state index is 0.127. The number of amides is 2. The highest BCUT2D eigenvalue weighted by Crippen LogP contribution is 2.27. The fourth-order valence-electron chi connectivity index (χ4n) is 3.26. The standard InChI is InChI=1S/C25H21Br2N5O3S/c1-35-19-10-7-16(8-11-19)24(34)28-14-22-30-31-25(32(22)18-5-3-2-4-6-18)36-15-23(33)29-21-13-17(26)9-12-20(21)27/h2-13H,14-15H2,1H3,(H,28,34)(H,29,33). The number of thioether (sulfide) groups is 1. The number of aromatic nitrogens is 3. The summed E-state index contributed by atoms with van der Waals surface area (Å²) in [5.74, 6) is 0.917. The Morgan fingerprint density at radius 2 is 1.75 bits per heavy atom. The van der Waals surface area contributed by atoms with E-state index in [4.69, 9.17) is 4.74 Å². The van der Waals surface area contributed by atoms with Crippen LogP contribution in [0.5, 0.6) is 5.75 Å². The van der Waals surface area contributed by atoms with Crippen LogP contribution in [0.25, 0.3) is 5.69 Å².